The highest BCUT2D eigenvalue weighted by Crippen LogP contribution is 2.32. The number of alkyl halides is 3. The Morgan fingerprint density at radius 1 is 1.37 bits per heavy atom. The van der Waals surface area contributed by atoms with Gasteiger partial charge < -0.3 is 9.64 Å². The number of carbonyl (C=O) groups excluding carboxylic acids is 1. The van der Waals surface area contributed by atoms with Crippen LogP contribution in [-0.2, 0) is 4.79 Å². The number of anilines is 1. The molecule has 0 aromatic heterocycles. The fraction of sp³-hybridized carbons (Fsp3) is 0.364. The first-order chi connectivity index (χ1) is 8.76. The van der Waals surface area contributed by atoms with Gasteiger partial charge in [-0.15, -0.1) is 13.2 Å². The first-order valence-electron chi connectivity index (χ1n) is 5.30. The van der Waals surface area contributed by atoms with E-state index in [0.717, 1.165) is 23.1 Å². The molecule has 0 saturated carbocycles. The number of hydrogen-bond acceptors (Lipinski definition) is 3. The molecule has 2 rings (SSSR count). The van der Waals surface area contributed by atoms with Crippen LogP contribution in [0.3, 0.4) is 0 Å². The maximum absolute atomic E-state index is 13.6. The van der Waals surface area contributed by atoms with Crippen molar-refractivity contribution in [1.29, 1.82) is 0 Å². The number of halogens is 4. The summed E-state index contributed by atoms with van der Waals surface area (Å²) < 4.78 is 53.5. The molecule has 1 aliphatic rings. The molecule has 0 bridgehead atoms. The van der Waals surface area contributed by atoms with Crippen LogP contribution in [0.4, 0.5) is 23.2 Å². The van der Waals surface area contributed by atoms with Crippen LogP contribution in [0, 0.1) is 5.82 Å². The van der Waals surface area contributed by atoms with Crippen molar-refractivity contribution in [2.75, 3.05) is 11.4 Å². The number of amides is 1. The summed E-state index contributed by atoms with van der Waals surface area (Å²) in [6.07, 6.45) is -4.75. The fourth-order valence-electron chi connectivity index (χ4n) is 1.82. The van der Waals surface area contributed by atoms with E-state index >= 15 is 0 Å². The minimum atomic E-state index is -4.86. The van der Waals surface area contributed by atoms with Crippen molar-refractivity contribution < 1.29 is 27.1 Å². The van der Waals surface area contributed by atoms with Crippen LogP contribution in [0.2, 0.25) is 0 Å². The molecule has 3 nitrogen and oxygen atoms in total. The molecule has 1 fully saturated rings. The summed E-state index contributed by atoms with van der Waals surface area (Å²) in [6.45, 7) is 0.147. The summed E-state index contributed by atoms with van der Waals surface area (Å²) in [7, 11) is 0. The van der Waals surface area contributed by atoms with Crippen LogP contribution < -0.4 is 9.64 Å². The van der Waals surface area contributed by atoms with Gasteiger partial charge in [-0.1, -0.05) is 0 Å². The Bertz CT molecular complexity index is 506. The summed E-state index contributed by atoms with van der Waals surface area (Å²) in [4.78, 5) is 12.6. The summed E-state index contributed by atoms with van der Waals surface area (Å²) in [5.74, 6) is -1.74. The van der Waals surface area contributed by atoms with Gasteiger partial charge >= 0.3 is 6.36 Å². The van der Waals surface area contributed by atoms with Gasteiger partial charge in [0.25, 0.3) is 0 Å². The van der Waals surface area contributed by atoms with Crippen LogP contribution in [0.25, 0.3) is 0 Å². The van der Waals surface area contributed by atoms with E-state index in [4.69, 9.17) is 0 Å². The van der Waals surface area contributed by atoms with Gasteiger partial charge in [0.15, 0.2) is 0 Å². The maximum Gasteiger partial charge on any atom is 0.573 e. The molecular weight excluding hydrogens is 286 g/mol. The third-order valence-electron chi connectivity index (χ3n) is 2.55. The highest BCUT2D eigenvalue weighted by molar-refractivity contribution is 7.81. The smallest absolute Gasteiger partial charge is 0.406 e. The second-order valence-electron chi connectivity index (χ2n) is 4.02. The minimum Gasteiger partial charge on any atom is -0.406 e. The van der Waals surface area contributed by atoms with Gasteiger partial charge in [-0.05, 0) is 12.1 Å². The van der Waals surface area contributed by atoms with E-state index in [2.05, 4.69) is 17.4 Å². The van der Waals surface area contributed by atoms with Crippen molar-refractivity contribution in [3.8, 4) is 5.75 Å². The number of rotatable bonds is 2. The van der Waals surface area contributed by atoms with Crippen molar-refractivity contribution in [2.45, 2.75) is 18.0 Å². The number of ether oxygens (including phenoxy) is 1. The first kappa shape index (κ1) is 14.0. The average molecular weight is 295 g/mol. The molecule has 1 aliphatic heterocycles. The largest absolute Gasteiger partial charge is 0.573 e. The highest BCUT2D eigenvalue weighted by Gasteiger charge is 2.33. The van der Waals surface area contributed by atoms with Crippen LogP contribution in [-0.4, -0.2) is 24.1 Å². The van der Waals surface area contributed by atoms with E-state index in [9.17, 15) is 22.4 Å². The second kappa shape index (κ2) is 4.92. The predicted molar refractivity (Wildman–Crippen MR) is 62.8 cm³/mol. The van der Waals surface area contributed by atoms with Gasteiger partial charge in [-0.2, -0.15) is 12.6 Å². The SMILES string of the molecule is O=C1CC(S)CN1c1cc(OC(F)(F)F)ccc1F. The molecular formula is C11H9F4NO2S. The highest BCUT2D eigenvalue weighted by atomic mass is 32.1. The van der Waals surface area contributed by atoms with Crippen LogP contribution >= 0.6 is 12.6 Å². The van der Waals surface area contributed by atoms with E-state index in [1.807, 2.05) is 0 Å². The molecule has 1 amide bonds. The van der Waals surface area contributed by atoms with E-state index in [1.54, 1.807) is 0 Å². The summed E-state index contributed by atoms with van der Waals surface area (Å²) >= 11 is 4.09. The van der Waals surface area contributed by atoms with Crippen LogP contribution in [0.1, 0.15) is 6.42 Å². The number of hydrogen-bond donors (Lipinski definition) is 1. The zero-order valence-corrected chi connectivity index (χ0v) is 10.3. The number of carbonyl (C=O) groups is 1. The Balaban J connectivity index is 2.30. The van der Waals surface area contributed by atoms with Crippen molar-refractivity contribution in [3.63, 3.8) is 0 Å². The molecule has 0 radical (unpaired) electrons. The Kier molecular flexibility index (Phi) is 3.62. The first-order valence-corrected chi connectivity index (χ1v) is 5.81. The van der Waals surface area contributed by atoms with Crippen molar-refractivity contribution in [2.24, 2.45) is 0 Å². The molecule has 0 aliphatic carbocycles. The number of thiol groups is 1. The summed E-state index contributed by atoms with van der Waals surface area (Å²) in [6, 6.07) is 2.53. The monoisotopic (exact) mass is 295 g/mol. The normalized spacial score (nSPS) is 19.9. The lowest BCUT2D eigenvalue weighted by Gasteiger charge is -2.18. The zero-order chi connectivity index (χ0) is 14.2. The number of benzene rings is 1. The second-order valence-corrected chi connectivity index (χ2v) is 4.75. The van der Waals surface area contributed by atoms with Crippen molar-refractivity contribution in [3.05, 3.63) is 24.0 Å². The molecule has 19 heavy (non-hydrogen) atoms. The third kappa shape index (κ3) is 3.31. The Labute approximate surface area is 111 Å². The van der Waals surface area contributed by atoms with Gasteiger partial charge in [0, 0.05) is 24.3 Å². The Morgan fingerprint density at radius 3 is 2.58 bits per heavy atom. The topological polar surface area (TPSA) is 29.5 Å². The van der Waals surface area contributed by atoms with E-state index in [-0.39, 0.29) is 29.8 Å². The standard InChI is InChI=1S/C11H9F4NO2S/c12-8-2-1-6(18-11(13,14)15)3-9(8)16-5-7(19)4-10(16)17/h1-3,7,19H,4-5H2. The van der Waals surface area contributed by atoms with Gasteiger partial charge in [-0.25, -0.2) is 4.39 Å². The lowest BCUT2D eigenvalue weighted by atomic mass is 10.2. The Hall–Kier alpha value is -1.44. The van der Waals surface area contributed by atoms with E-state index < -0.39 is 17.9 Å². The quantitative estimate of drug-likeness (QED) is 0.671. The lowest BCUT2D eigenvalue weighted by Crippen LogP contribution is -2.26. The van der Waals surface area contributed by atoms with Gasteiger partial charge in [-0.3, -0.25) is 4.79 Å². The van der Waals surface area contributed by atoms with Crippen molar-refractivity contribution >= 4 is 24.2 Å². The molecule has 104 valence electrons. The third-order valence-corrected chi connectivity index (χ3v) is 2.89. The van der Waals surface area contributed by atoms with E-state index in [0.29, 0.717) is 0 Å². The van der Waals surface area contributed by atoms with Gasteiger partial charge in [0.05, 0.1) is 5.69 Å². The molecule has 1 aromatic carbocycles. The van der Waals surface area contributed by atoms with Gasteiger partial charge in [0.2, 0.25) is 5.91 Å². The summed E-state index contributed by atoms with van der Waals surface area (Å²) in [5.41, 5.74) is -0.233. The molecule has 0 spiro atoms. The molecule has 1 saturated heterocycles. The molecule has 1 heterocycles. The Morgan fingerprint density at radius 2 is 2.05 bits per heavy atom. The molecule has 0 N–H and O–H groups in total. The molecule has 1 aromatic rings. The lowest BCUT2D eigenvalue weighted by molar-refractivity contribution is -0.274. The number of nitrogens with zero attached hydrogens (tertiary/aromatic N) is 1. The maximum atomic E-state index is 13.6. The van der Waals surface area contributed by atoms with Crippen LogP contribution in [0.5, 0.6) is 5.75 Å². The zero-order valence-electron chi connectivity index (χ0n) is 9.45. The molecule has 1 atom stereocenters. The average Bonchev–Trinajstić information content (AvgIpc) is 2.58. The predicted octanol–water partition coefficient (Wildman–Crippen LogP) is 2.76. The van der Waals surface area contributed by atoms with Crippen LogP contribution in [0.15, 0.2) is 18.2 Å². The van der Waals surface area contributed by atoms with Crippen molar-refractivity contribution in [1.82, 2.24) is 0 Å². The van der Waals surface area contributed by atoms with Gasteiger partial charge in [0.1, 0.15) is 11.6 Å². The molecule has 8 heteroatoms. The molecule has 1 unspecified atom stereocenters. The minimum absolute atomic E-state index is 0.118. The van der Waals surface area contributed by atoms with E-state index in [1.165, 1.54) is 0 Å². The summed E-state index contributed by atoms with van der Waals surface area (Å²) in [5, 5.41) is -0.265. The fourth-order valence-corrected chi connectivity index (χ4v) is 2.14.